The largest absolute Gasteiger partial charge is 0.496 e. The number of sulfonamides is 1. The van der Waals surface area contributed by atoms with Gasteiger partial charge in [0, 0.05) is 28.6 Å². The zero-order valence-corrected chi connectivity index (χ0v) is 19.7. The van der Waals surface area contributed by atoms with Gasteiger partial charge in [-0.3, -0.25) is 9.52 Å². The Morgan fingerprint density at radius 3 is 2.28 bits per heavy atom. The van der Waals surface area contributed by atoms with Gasteiger partial charge in [0.05, 0.1) is 13.4 Å². The number of aromatic nitrogens is 1. The Bertz CT molecular complexity index is 1300. The molecule has 0 aliphatic heterocycles. The minimum absolute atomic E-state index is 0.151. The fourth-order valence-electron chi connectivity index (χ4n) is 3.43. The van der Waals surface area contributed by atoms with E-state index in [2.05, 4.69) is 30.5 Å². The summed E-state index contributed by atoms with van der Waals surface area (Å²) in [6, 6.07) is 14.6. The Morgan fingerprint density at radius 2 is 1.72 bits per heavy atom. The molecule has 0 saturated carbocycles. The summed E-state index contributed by atoms with van der Waals surface area (Å²) in [5.74, 6) is 0.750. The maximum absolute atomic E-state index is 12.4. The molecule has 0 atom stereocenters. The fraction of sp³-hybridized carbons (Fsp3) is 0.240. The van der Waals surface area contributed by atoms with Crippen molar-refractivity contribution in [3.63, 3.8) is 0 Å². The molecule has 1 aromatic heterocycles. The summed E-state index contributed by atoms with van der Waals surface area (Å²) in [6.45, 7) is 6.31. The monoisotopic (exact) mass is 452 g/mol. The van der Waals surface area contributed by atoms with Crippen molar-refractivity contribution in [2.75, 3.05) is 18.1 Å². The Kier molecular flexibility index (Phi) is 6.60. The normalized spacial score (nSPS) is 12.2. The first kappa shape index (κ1) is 23.3. The number of anilines is 1. The van der Waals surface area contributed by atoms with Crippen LogP contribution in [0.1, 0.15) is 37.5 Å². The molecule has 7 heteroatoms. The number of aromatic amines is 1. The summed E-state index contributed by atoms with van der Waals surface area (Å²) in [5.41, 5.74) is 4.28. The number of methoxy groups -OCH3 is 1. The van der Waals surface area contributed by atoms with E-state index in [0.717, 1.165) is 34.3 Å². The number of hydrogen-bond donors (Lipinski definition) is 2. The lowest BCUT2D eigenvalue weighted by Gasteiger charge is -2.24. The van der Waals surface area contributed by atoms with Crippen molar-refractivity contribution in [3.05, 3.63) is 81.8 Å². The second kappa shape index (κ2) is 9.04. The summed E-state index contributed by atoms with van der Waals surface area (Å²) in [7, 11) is -1.68. The van der Waals surface area contributed by atoms with Crippen molar-refractivity contribution >= 4 is 27.9 Å². The Balaban J connectivity index is 2.07. The van der Waals surface area contributed by atoms with Gasteiger partial charge in [0.25, 0.3) is 5.56 Å². The first-order valence-electron chi connectivity index (χ1n) is 10.1. The number of nitrogens with one attached hydrogen (secondary N) is 2. The predicted molar refractivity (Wildman–Crippen MR) is 132 cm³/mol. The maximum atomic E-state index is 12.4. The molecular formula is C25H28N2O4S. The molecule has 3 rings (SSSR count). The van der Waals surface area contributed by atoms with Gasteiger partial charge in [0.2, 0.25) is 10.0 Å². The van der Waals surface area contributed by atoms with Crippen molar-refractivity contribution in [3.8, 4) is 16.9 Å². The number of benzene rings is 2. The lowest BCUT2D eigenvalue weighted by Crippen LogP contribution is -2.15. The standard InChI is InChI=1S/C25H28N2O4S/c1-25(2,3)22-16-19(21-7-6-14-26-24(21)28)15-18(23(22)31-4)11-8-17-9-12-20(13-10-17)27-32(5,29)30/h6-16,27H,1-5H3,(H,26,28)/b11-8+. The van der Waals surface area contributed by atoms with Gasteiger partial charge in [-0.25, -0.2) is 8.42 Å². The molecule has 1 heterocycles. The zero-order valence-electron chi connectivity index (χ0n) is 18.9. The van der Waals surface area contributed by atoms with Crippen LogP contribution in [0.5, 0.6) is 5.75 Å². The third-order valence-electron chi connectivity index (χ3n) is 4.93. The number of hydrogen-bond acceptors (Lipinski definition) is 4. The molecule has 0 radical (unpaired) electrons. The molecule has 32 heavy (non-hydrogen) atoms. The van der Waals surface area contributed by atoms with Crippen LogP contribution in [-0.4, -0.2) is 26.8 Å². The predicted octanol–water partition coefficient (Wildman–Crippen LogP) is 4.89. The van der Waals surface area contributed by atoms with Crippen molar-refractivity contribution in [2.24, 2.45) is 0 Å². The van der Waals surface area contributed by atoms with Gasteiger partial charge in [0.1, 0.15) is 5.75 Å². The molecule has 0 aliphatic rings. The highest BCUT2D eigenvalue weighted by Crippen LogP contribution is 2.38. The third-order valence-corrected chi connectivity index (χ3v) is 5.53. The summed E-state index contributed by atoms with van der Waals surface area (Å²) < 4.78 is 31.0. The van der Waals surface area contributed by atoms with Gasteiger partial charge in [-0.05, 0) is 52.9 Å². The molecule has 168 valence electrons. The first-order valence-corrected chi connectivity index (χ1v) is 12.0. The number of pyridine rings is 1. The lowest BCUT2D eigenvalue weighted by molar-refractivity contribution is 0.397. The third kappa shape index (κ3) is 5.68. The zero-order chi connectivity index (χ0) is 23.5. The van der Waals surface area contributed by atoms with Crippen molar-refractivity contribution in [1.82, 2.24) is 4.98 Å². The second-order valence-corrected chi connectivity index (χ2v) is 10.4. The molecule has 0 unspecified atom stereocenters. The van der Waals surface area contributed by atoms with E-state index in [1.54, 1.807) is 37.6 Å². The van der Waals surface area contributed by atoms with E-state index >= 15 is 0 Å². The lowest BCUT2D eigenvalue weighted by atomic mass is 9.83. The van der Waals surface area contributed by atoms with Gasteiger partial charge in [0.15, 0.2) is 0 Å². The molecule has 3 aromatic rings. The minimum Gasteiger partial charge on any atom is -0.496 e. The Hall–Kier alpha value is -3.32. The summed E-state index contributed by atoms with van der Waals surface area (Å²) in [5, 5.41) is 0. The molecule has 0 fully saturated rings. The van der Waals surface area contributed by atoms with Gasteiger partial charge >= 0.3 is 0 Å². The quantitative estimate of drug-likeness (QED) is 0.521. The fourth-order valence-corrected chi connectivity index (χ4v) is 3.99. The Labute approximate surface area is 189 Å². The average molecular weight is 453 g/mol. The van der Waals surface area contributed by atoms with E-state index < -0.39 is 10.0 Å². The molecule has 0 aliphatic carbocycles. The summed E-state index contributed by atoms with van der Waals surface area (Å²) in [6.07, 6.45) is 6.59. The van der Waals surface area contributed by atoms with E-state index in [0.29, 0.717) is 11.3 Å². The minimum atomic E-state index is -3.32. The summed E-state index contributed by atoms with van der Waals surface area (Å²) in [4.78, 5) is 15.1. The molecule has 0 amide bonds. The van der Waals surface area contributed by atoms with Gasteiger partial charge in [-0.15, -0.1) is 0 Å². The average Bonchev–Trinajstić information content (AvgIpc) is 2.71. The molecule has 2 N–H and O–H groups in total. The van der Waals surface area contributed by atoms with Crippen LogP contribution in [0.4, 0.5) is 5.69 Å². The first-order chi connectivity index (χ1) is 15.0. The van der Waals surface area contributed by atoms with E-state index in [9.17, 15) is 13.2 Å². The van der Waals surface area contributed by atoms with E-state index in [1.165, 1.54) is 0 Å². The molecule has 0 saturated heterocycles. The van der Waals surface area contributed by atoms with Crippen LogP contribution in [0.25, 0.3) is 23.3 Å². The highest BCUT2D eigenvalue weighted by molar-refractivity contribution is 7.92. The molecular weight excluding hydrogens is 424 g/mol. The van der Waals surface area contributed by atoms with Crippen LogP contribution in [0.2, 0.25) is 0 Å². The van der Waals surface area contributed by atoms with Gasteiger partial charge in [-0.1, -0.05) is 45.1 Å². The van der Waals surface area contributed by atoms with Crippen molar-refractivity contribution in [2.45, 2.75) is 26.2 Å². The number of ether oxygens (including phenoxy) is 1. The topological polar surface area (TPSA) is 88.3 Å². The maximum Gasteiger partial charge on any atom is 0.255 e. The number of rotatable bonds is 6. The molecule has 0 bridgehead atoms. The van der Waals surface area contributed by atoms with E-state index in [1.807, 2.05) is 36.4 Å². The summed E-state index contributed by atoms with van der Waals surface area (Å²) >= 11 is 0. The van der Waals surface area contributed by atoms with Gasteiger partial charge in [-0.2, -0.15) is 0 Å². The van der Waals surface area contributed by atoms with E-state index in [4.69, 9.17) is 4.74 Å². The molecule has 0 spiro atoms. The van der Waals surface area contributed by atoms with Gasteiger partial charge < -0.3 is 9.72 Å². The SMILES string of the molecule is COc1c(/C=C/c2ccc(NS(C)(=O)=O)cc2)cc(-c2ccc[nH]c2=O)cc1C(C)(C)C. The van der Waals surface area contributed by atoms with Crippen LogP contribution >= 0.6 is 0 Å². The van der Waals surface area contributed by atoms with Crippen LogP contribution in [0.15, 0.2) is 59.5 Å². The van der Waals surface area contributed by atoms with Crippen molar-refractivity contribution in [1.29, 1.82) is 0 Å². The Morgan fingerprint density at radius 1 is 1.03 bits per heavy atom. The molecule has 2 aromatic carbocycles. The highest BCUT2D eigenvalue weighted by Gasteiger charge is 2.22. The smallest absolute Gasteiger partial charge is 0.255 e. The van der Waals surface area contributed by atoms with Crippen LogP contribution in [0, 0.1) is 0 Å². The second-order valence-electron chi connectivity index (χ2n) is 8.64. The van der Waals surface area contributed by atoms with Crippen LogP contribution in [-0.2, 0) is 15.4 Å². The highest BCUT2D eigenvalue weighted by atomic mass is 32.2. The van der Waals surface area contributed by atoms with E-state index in [-0.39, 0.29) is 11.0 Å². The molecule has 6 nitrogen and oxygen atoms in total. The van der Waals surface area contributed by atoms with Crippen LogP contribution < -0.4 is 15.0 Å². The van der Waals surface area contributed by atoms with Crippen LogP contribution in [0.3, 0.4) is 0 Å². The van der Waals surface area contributed by atoms with Crippen molar-refractivity contribution < 1.29 is 13.2 Å². The number of H-pyrrole nitrogens is 1.